The maximum absolute atomic E-state index is 5.84. The van der Waals surface area contributed by atoms with Crippen molar-refractivity contribution in [3.63, 3.8) is 0 Å². The van der Waals surface area contributed by atoms with Crippen LogP contribution >= 0.6 is 12.2 Å². The predicted octanol–water partition coefficient (Wildman–Crippen LogP) is 4.01. The Morgan fingerprint density at radius 3 is 2.50 bits per heavy atom. The van der Waals surface area contributed by atoms with E-state index in [1.165, 1.54) is 0 Å². The van der Waals surface area contributed by atoms with Crippen LogP contribution in [0.15, 0.2) is 54.7 Å². The molecule has 2 aromatic carbocycles. The van der Waals surface area contributed by atoms with E-state index >= 15 is 0 Å². The van der Waals surface area contributed by atoms with Gasteiger partial charge in [-0.1, -0.05) is 12.1 Å². The van der Waals surface area contributed by atoms with Crippen LogP contribution in [0.25, 0.3) is 10.9 Å². The average Bonchev–Trinajstić information content (AvgIpc) is 2.72. The number of rotatable bonds is 7. The lowest BCUT2D eigenvalue weighted by molar-refractivity contribution is 0.270. The quantitative estimate of drug-likeness (QED) is 0.584. The van der Waals surface area contributed by atoms with Crippen molar-refractivity contribution in [2.45, 2.75) is 13.0 Å². The summed E-state index contributed by atoms with van der Waals surface area (Å²) >= 11 is 5.46. The first kappa shape index (κ1) is 19.7. The van der Waals surface area contributed by atoms with E-state index in [0.29, 0.717) is 23.2 Å². The van der Waals surface area contributed by atoms with Crippen LogP contribution in [-0.2, 0) is 0 Å². The van der Waals surface area contributed by atoms with Crippen molar-refractivity contribution in [3.05, 3.63) is 54.7 Å². The third-order valence-electron chi connectivity index (χ3n) is 4.14. The molecule has 0 radical (unpaired) electrons. The standard InChI is InChI=1S/C21H23N3O3S/c1-14(13-27-18-9-5-4-8-17(18)25-2)23-21(28)24-16-10-11-19(26-3)20-15(16)7-6-12-22-20/h4-12,14H,13H2,1-3H3,(H2,23,24,28). The third kappa shape index (κ3) is 4.61. The normalized spacial score (nSPS) is 11.5. The van der Waals surface area contributed by atoms with Gasteiger partial charge in [0.2, 0.25) is 0 Å². The molecule has 6 nitrogen and oxygen atoms in total. The number of ether oxygens (including phenoxy) is 3. The number of para-hydroxylation sites is 2. The monoisotopic (exact) mass is 397 g/mol. The summed E-state index contributed by atoms with van der Waals surface area (Å²) in [5.41, 5.74) is 1.64. The molecule has 0 aliphatic rings. The summed E-state index contributed by atoms with van der Waals surface area (Å²) in [6.45, 7) is 2.43. The van der Waals surface area contributed by atoms with E-state index < -0.39 is 0 Å². The predicted molar refractivity (Wildman–Crippen MR) is 116 cm³/mol. The summed E-state index contributed by atoms with van der Waals surface area (Å²) in [5, 5.41) is 7.90. The van der Waals surface area contributed by atoms with Gasteiger partial charge in [0, 0.05) is 17.3 Å². The topological polar surface area (TPSA) is 64.6 Å². The number of anilines is 1. The minimum atomic E-state index is -0.00690. The molecule has 0 amide bonds. The van der Waals surface area contributed by atoms with Crippen molar-refractivity contribution >= 4 is 33.9 Å². The Hall–Kier alpha value is -3.06. The SMILES string of the molecule is COc1ccccc1OCC(C)NC(=S)Nc1ccc(OC)c2ncccc12. The molecule has 0 fully saturated rings. The first-order valence-corrected chi connectivity index (χ1v) is 9.28. The van der Waals surface area contributed by atoms with Crippen molar-refractivity contribution in [3.8, 4) is 17.2 Å². The average molecular weight is 398 g/mol. The number of nitrogens with one attached hydrogen (secondary N) is 2. The van der Waals surface area contributed by atoms with Gasteiger partial charge in [-0.2, -0.15) is 0 Å². The van der Waals surface area contributed by atoms with E-state index in [1.54, 1.807) is 20.4 Å². The van der Waals surface area contributed by atoms with Gasteiger partial charge in [0.15, 0.2) is 16.6 Å². The molecule has 146 valence electrons. The van der Waals surface area contributed by atoms with Crippen LogP contribution in [-0.4, -0.2) is 37.0 Å². The summed E-state index contributed by atoms with van der Waals surface area (Å²) in [5.74, 6) is 2.12. The van der Waals surface area contributed by atoms with Gasteiger partial charge in [-0.25, -0.2) is 0 Å². The number of nitrogens with zero attached hydrogens (tertiary/aromatic N) is 1. The molecular weight excluding hydrogens is 374 g/mol. The van der Waals surface area contributed by atoms with Crippen molar-refractivity contribution in [2.24, 2.45) is 0 Å². The van der Waals surface area contributed by atoms with Crippen molar-refractivity contribution in [2.75, 3.05) is 26.1 Å². The number of methoxy groups -OCH3 is 2. The van der Waals surface area contributed by atoms with Crippen molar-refractivity contribution in [1.82, 2.24) is 10.3 Å². The first-order chi connectivity index (χ1) is 13.6. The minimum Gasteiger partial charge on any atom is -0.494 e. The zero-order valence-electron chi connectivity index (χ0n) is 16.1. The Labute approximate surface area is 169 Å². The number of hydrogen-bond donors (Lipinski definition) is 2. The fourth-order valence-electron chi connectivity index (χ4n) is 2.80. The van der Waals surface area contributed by atoms with E-state index in [-0.39, 0.29) is 6.04 Å². The van der Waals surface area contributed by atoms with Crippen LogP contribution in [0.2, 0.25) is 0 Å². The van der Waals surface area contributed by atoms with Gasteiger partial charge in [0.25, 0.3) is 0 Å². The summed E-state index contributed by atoms with van der Waals surface area (Å²) in [7, 11) is 3.25. The number of fused-ring (bicyclic) bond motifs is 1. The van der Waals surface area contributed by atoms with Gasteiger partial charge in [-0.3, -0.25) is 4.98 Å². The van der Waals surface area contributed by atoms with Crippen LogP contribution < -0.4 is 24.8 Å². The molecular formula is C21H23N3O3S. The molecule has 2 N–H and O–H groups in total. The second kappa shape index (κ2) is 9.23. The largest absolute Gasteiger partial charge is 0.494 e. The lowest BCUT2D eigenvalue weighted by Crippen LogP contribution is -2.39. The highest BCUT2D eigenvalue weighted by Crippen LogP contribution is 2.29. The van der Waals surface area contributed by atoms with E-state index in [1.807, 2.05) is 55.5 Å². The van der Waals surface area contributed by atoms with Crippen LogP contribution in [0.1, 0.15) is 6.92 Å². The van der Waals surface area contributed by atoms with Crippen LogP contribution in [0.4, 0.5) is 5.69 Å². The van der Waals surface area contributed by atoms with E-state index in [0.717, 1.165) is 22.3 Å². The first-order valence-electron chi connectivity index (χ1n) is 8.87. The van der Waals surface area contributed by atoms with Crippen LogP contribution in [0.5, 0.6) is 17.2 Å². The maximum Gasteiger partial charge on any atom is 0.171 e. The molecule has 1 aromatic heterocycles. The van der Waals surface area contributed by atoms with Gasteiger partial charge >= 0.3 is 0 Å². The molecule has 0 spiro atoms. The molecule has 1 unspecified atom stereocenters. The Morgan fingerprint density at radius 2 is 1.75 bits per heavy atom. The second-order valence-corrected chi connectivity index (χ2v) is 6.58. The molecule has 0 bridgehead atoms. The number of aromatic nitrogens is 1. The van der Waals surface area contributed by atoms with Crippen molar-refractivity contribution in [1.29, 1.82) is 0 Å². The summed E-state index contributed by atoms with van der Waals surface area (Å²) < 4.78 is 16.5. The number of benzene rings is 2. The lowest BCUT2D eigenvalue weighted by atomic mass is 10.1. The Kier molecular flexibility index (Phi) is 6.49. The van der Waals surface area contributed by atoms with Crippen LogP contribution in [0.3, 0.4) is 0 Å². The van der Waals surface area contributed by atoms with Gasteiger partial charge in [-0.05, 0) is 55.5 Å². The van der Waals surface area contributed by atoms with Gasteiger partial charge in [0.1, 0.15) is 17.9 Å². The highest BCUT2D eigenvalue weighted by Gasteiger charge is 2.11. The minimum absolute atomic E-state index is 0.00690. The van der Waals surface area contributed by atoms with Crippen LogP contribution in [0, 0.1) is 0 Å². The fraction of sp³-hybridized carbons (Fsp3) is 0.238. The number of hydrogen-bond acceptors (Lipinski definition) is 5. The zero-order chi connectivity index (χ0) is 19.9. The molecule has 28 heavy (non-hydrogen) atoms. The molecule has 1 heterocycles. The van der Waals surface area contributed by atoms with Gasteiger partial charge in [0.05, 0.1) is 20.3 Å². The number of pyridine rings is 1. The maximum atomic E-state index is 5.84. The van der Waals surface area contributed by atoms with Gasteiger partial charge < -0.3 is 24.8 Å². The summed E-state index contributed by atoms with van der Waals surface area (Å²) in [6.07, 6.45) is 1.74. The smallest absolute Gasteiger partial charge is 0.171 e. The van der Waals surface area contributed by atoms with Gasteiger partial charge in [-0.15, -0.1) is 0 Å². The highest BCUT2D eigenvalue weighted by molar-refractivity contribution is 7.80. The van der Waals surface area contributed by atoms with E-state index in [2.05, 4.69) is 15.6 Å². The summed E-state index contributed by atoms with van der Waals surface area (Å²) in [4.78, 5) is 4.40. The molecule has 0 aliphatic heterocycles. The Bertz CT molecular complexity index is 965. The molecule has 0 saturated carbocycles. The summed E-state index contributed by atoms with van der Waals surface area (Å²) in [6, 6.07) is 15.2. The number of thiocarbonyl (C=S) groups is 1. The zero-order valence-corrected chi connectivity index (χ0v) is 16.9. The molecule has 0 aliphatic carbocycles. The van der Waals surface area contributed by atoms with E-state index in [4.69, 9.17) is 26.4 Å². The van der Waals surface area contributed by atoms with E-state index in [9.17, 15) is 0 Å². The fourth-order valence-corrected chi connectivity index (χ4v) is 3.11. The van der Waals surface area contributed by atoms with Crippen molar-refractivity contribution < 1.29 is 14.2 Å². The lowest BCUT2D eigenvalue weighted by Gasteiger charge is -2.19. The molecule has 3 rings (SSSR count). The Morgan fingerprint density at radius 1 is 1.00 bits per heavy atom. The second-order valence-electron chi connectivity index (χ2n) is 6.18. The highest BCUT2D eigenvalue weighted by atomic mass is 32.1. The molecule has 7 heteroatoms. The molecule has 1 atom stereocenters. The molecule has 0 saturated heterocycles. The third-order valence-corrected chi connectivity index (χ3v) is 4.36. The molecule has 3 aromatic rings. The Balaban J connectivity index is 1.62.